The van der Waals surface area contributed by atoms with E-state index in [0.29, 0.717) is 0 Å². The first-order valence-electron chi connectivity index (χ1n) is 2.99. The highest BCUT2D eigenvalue weighted by molar-refractivity contribution is 7.11. The molecule has 0 fully saturated rings. The van der Waals surface area contributed by atoms with E-state index < -0.39 is 0 Å². The van der Waals surface area contributed by atoms with Gasteiger partial charge >= 0.3 is 0 Å². The predicted molar refractivity (Wildman–Crippen MR) is 46.3 cm³/mol. The van der Waals surface area contributed by atoms with Gasteiger partial charge in [0.25, 0.3) is 0 Å². The van der Waals surface area contributed by atoms with Gasteiger partial charge in [-0.05, 0) is 0 Å². The maximum atomic E-state index is 8.20. The largest absolute Gasteiger partial charge is 0.367 e. The number of nitrogens with two attached hydrogens (primary N) is 1. The van der Waals surface area contributed by atoms with E-state index >= 15 is 0 Å². The molecule has 0 saturated heterocycles. The third-order valence-corrected chi connectivity index (χ3v) is 1.61. The van der Waals surface area contributed by atoms with E-state index in [2.05, 4.69) is 15.2 Å². The number of guanidine groups is 1. The van der Waals surface area contributed by atoms with Crippen LogP contribution in [0.3, 0.4) is 0 Å². The second-order valence-corrected chi connectivity index (χ2v) is 2.64. The summed E-state index contributed by atoms with van der Waals surface area (Å²) in [5.74, 6) is -0.164. The number of hydroxylamine groups is 1. The summed E-state index contributed by atoms with van der Waals surface area (Å²) in [6, 6.07) is 0. The molecular formula is C5H7N5OS. The quantitative estimate of drug-likeness (QED) is 0.337. The van der Waals surface area contributed by atoms with Crippen molar-refractivity contribution in [2.45, 2.75) is 0 Å². The van der Waals surface area contributed by atoms with E-state index in [1.165, 1.54) is 17.6 Å². The molecule has 0 saturated carbocycles. The van der Waals surface area contributed by atoms with Crippen molar-refractivity contribution in [2.24, 2.45) is 15.9 Å². The van der Waals surface area contributed by atoms with Crippen LogP contribution in [0.5, 0.6) is 0 Å². The summed E-state index contributed by atoms with van der Waals surface area (Å²) in [4.78, 5) is 3.92. The summed E-state index contributed by atoms with van der Waals surface area (Å²) in [5.41, 5.74) is 6.71. The van der Waals surface area contributed by atoms with Gasteiger partial charge in [0.1, 0.15) is 5.01 Å². The topological polar surface area (TPSA) is 95.9 Å². The third-order valence-electron chi connectivity index (χ3n) is 0.900. The van der Waals surface area contributed by atoms with Crippen LogP contribution >= 0.6 is 11.3 Å². The Balaban J connectivity index is 2.52. The minimum Gasteiger partial charge on any atom is -0.367 e. The van der Waals surface area contributed by atoms with Crippen LogP contribution in [0.1, 0.15) is 5.01 Å². The molecule has 0 atom stereocenters. The zero-order valence-corrected chi connectivity index (χ0v) is 6.82. The molecular weight excluding hydrogens is 178 g/mol. The monoisotopic (exact) mass is 185 g/mol. The van der Waals surface area contributed by atoms with Gasteiger partial charge in [-0.2, -0.15) is 5.10 Å². The molecule has 4 N–H and O–H groups in total. The average molecular weight is 185 g/mol. The van der Waals surface area contributed by atoms with Crippen molar-refractivity contribution in [3.05, 3.63) is 16.6 Å². The number of aromatic nitrogens is 1. The van der Waals surface area contributed by atoms with Crippen LogP contribution in [-0.4, -0.2) is 22.4 Å². The summed E-state index contributed by atoms with van der Waals surface area (Å²) < 4.78 is 0. The Morgan fingerprint density at radius 3 is 3.25 bits per heavy atom. The molecule has 0 aliphatic carbocycles. The van der Waals surface area contributed by atoms with Gasteiger partial charge in [-0.15, -0.1) is 16.4 Å². The van der Waals surface area contributed by atoms with Crippen LogP contribution in [0.2, 0.25) is 0 Å². The summed E-state index contributed by atoms with van der Waals surface area (Å²) in [6.07, 6.45) is 3.10. The first-order chi connectivity index (χ1) is 5.83. The first-order valence-corrected chi connectivity index (χ1v) is 3.87. The van der Waals surface area contributed by atoms with Crippen molar-refractivity contribution < 1.29 is 5.21 Å². The molecule has 1 heterocycles. The summed E-state index contributed by atoms with van der Waals surface area (Å²) in [5, 5.41) is 17.7. The molecule has 0 unspecified atom stereocenters. The van der Waals surface area contributed by atoms with Crippen LogP contribution in [0.15, 0.2) is 21.8 Å². The number of rotatable bonds is 2. The maximum Gasteiger partial charge on any atom is 0.237 e. The molecule has 12 heavy (non-hydrogen) atoms. The second kappa shape index (κ2) is 4.42. The Bertz CT molecular complexity index is 280. The van der Waals surface area contributed by atoms with Gasteiger partial charge in [0.15, 0.2) is 0 Å². The maximum absolute atomic E-state index is 8.20. The minimum absolute atomic E-state index is 0.164. The molecule has 0 aliphatic heterocycles. The van der Waals surface area contributed by atoms with Gasteiger partial charge in [-0.1, -0.05) is 0 Å². The first kappa shape index (κ1) is 8.62. The fourth-order valence-corrected chi connectivity index (χ4v) is 0.952. The van der Waals surface area contributed by atoms with Gasteiger partial charge in [0, 0.05) is 11.6 Å². The highest BCUT2D eigenvalue weighted by Crippen LogP contribution is 1.99. The van der Waals surface area contributed by atoms with E-state index in [0.717, 1.165) is 5.01 Å². The minimum atomic E-state index is -0.164. The van der Waals surface area contributed by atoms with E-state index in [4.69, 9.17) is 10.9 Å². The van der Waals surface area contributed by atoms with Gasteiger partial charge < -0.3 is 5.73 Å². The molecule has 7 heteroatoms. The molecule has 0 radical (unpaired) electrons. The van der Waals surface area contributed by atoms with Crippen LogP contribution in [0, 0.1) is 0 Å². The molecule has 0 spiro atoms. The standard InChI is InChI=1S/C5H7N5OS/c6-5(10-11)9-8-3-4-7-1-2-12-4/h1-3,11H,(H3,6,9,10). The van der Waals surface area contributed by atoms with Crippen molar-refractivity contribution in [3.8, 4) is 0 Å². The number of thiazole rings is 1. The zero-order valence-electron chi connectivity index (χ0n) is 6.01. The number of nitrogens with one attached hydrogen (secondary N) is 1. The Kier molecular flexibility index (Phi) is 3.17. The number of hydrogen-bond acceptors (Lipinski definition) is 5. The van der Waals surface area contributed by atoms with Gasteiger partial charge in [-0.3, -0.25) is 5.21 Å². The van der Waals surface area contributed by atoms with Gasteiger partial charge in [-0.25, -0.2) is 10.5 Å². The van der Waals surface area contributed by atoms with E-state index in [9.17, 15) is 0 Å². The lowest BCUT2D eigenvalue weighted by Crippen LogP contribution is -2.27. The number of nitrogens with zero attached hydrogens (tertiary/aromatic N) is 3. The molecule has 1 aromatic rings. The summed E-state index contributed by atoms with van der Waals surface area (Å²) in [6.45, 7) is 0. The van der Waals surface area contributed by atoms with Gasteiger partial charge in [0.2, 0.25) is 5.96 Å². The fourth-order valence-electron chi connectivity index (χ4n) is 0.461. The predicted octanol–water partition coefficient (Wildman–Crippen LogP) is -0.230. The van der Waals surface area contributed by atoms with Crippen LogP contribution in [0.25, 0.3) is 0 Å². The Morgan fingerprint density at radius 2 is 2.67 bits per heavy atom. The lowest BCUT2D eigenvalue weighted by molar-refractivity contribution is 0.232. The van der Waals surface area contributed by atoms with E-state index in [-0.39, 0.29) is 5.96 Å². The second-order valence-electron chi connectivity index (χ2n) is 1.71. The summed E-state index contributed by atoms with van der Waals surface area (Å²) >= 11 is 1.43. The third kappa shape index (κ3) is 2.64. The van der Waals surface area contributed by atoms with Crippen molar-refractivity contribution in [3.63, 3.8) is 0 Å². The van der Waals surface area contributed by atoms with Crippen molar-refractivity contribution in [2.75, 3.05) is 0 Å². The molecule has 1 rings (SSSR count). The summed E-state index contributed by atoms with van der Waals surface area (Å²) in [7, 11) is 0. The lowest BCUT2D eigenvalue weighted by Gasteiger charge is -1.89. The normalized spacial score (nSPS) is 12.2. The van der Waals surface area contributed by atoms with Crippen LogP contribution in [0.4, 0.5) is 0 Å². The van der Waals surface area contributed by atoms with Crippen LogP contribution < -0.4 is 11.2 Å². The lowest BCUT2D eigenvalue weighted by atomic mass is 10.8. The molecule has 0 amide bonds. The Hall–Kier alpha value is -1.47. The highest BCUT2D eigenvalue weighted by Gasteiger charge is 1.87. The van der Waals surface area contributed by atoms with E-state index in [1.54, 1.807) is 11.7 Å². The fraction of sp³-hybridized carbons (Fsp3) is 0. The van der Waals surface area contributed by atoms with E-state index in [1.807, 2.05) is 5.38 Å². The SMILES string of the molecule is N/C(=N\N=Cc1nccs1)NO. The molecule has 1 aromatic heterocycles. The van der Waals surface area contributed by atoms with Crippen molar-refractivity contribution in [1.29, 1.82) is 0 Å². The zero-order chi connectivity index (χ0) is 8.81. The highest BCUT2D eigenvalue weighted by atomic mass is 32.1. The number of hydrogen-bond donors (Lipinski definition) is 3. The molecule has 0 bridgehead atoms. The van der Waals surface area contributed by atoms with Gasteiger partial charge in [0.05, 0.1) is 6.21 Å². The average Bonchev–Trinajstić information content (AvgIpc) is 2.57. The van der Waals surface area contributed by atoms with Crippen LogP contribution in [-0.2, 0) is 0 Å². The molecule has 0 aromatic carbocycles. The van der Waals surface area contributed by atoms with Crippen molar-refractivity contribution in [1.82, 2.24) is 10.5 Å². The Labute approximate surface area is 72.4 Å². The molecule has 6 nitrogen and oxygen atoms in total. The van der Waals surface area contributed by atoms with Crippen molar-refractivity contribution >= 4 is 23.5 Å². The Morgan fingerprint density at radius 1 is 1.83 bits per heavy atom. The smallest absolute Gasteiger partial charge is 0.237 e. The molecule has 0 aliphatic rings. The molecule has 64 valence electrons.